The zero-order valence-corrected chi connectivity index (χ0v) is 7.41. The number of H-pyrrole nitrogens is 1. The fourth-order valence-corrected chi connectivity index (χ4v) is 0.435. The number of aromatic amines is 1. The van der Waals surface area contributed by atoms with Crippen LogP contribution in [0.1, 0.15) is 0 Å². The van der Waals surface area contributed by atoms with Gasteiger partial charge in [0.1, 0.15) is 0 Å². The predicted octanol–water partition coefficient (Wildman–Crippen LogP) is -1.89. The first-order chi connectivity index (χ1) is 5.80. The molecule has 1 aromatic heterocycles. The normalized spacial score (nSPS) is 10.0. The van der Waals surface area contributed by atoms with Gasteiger partial charge in [-0.1, -0.05) is 0 Å². The molecule has 1 rings (SSSR count). The van der Waals surface area contributed by atoms with E-state index in [-0.39, 0.29) is 11.2 Å². The van der Waals surface area contributed by atoms with E-state index in [1.807, 2.05) is 0 Å². The van der Waals surface area contributed by atoms with Crippen LogP contribution >= 0.6 is 0 Å². The molecule has 0 aliphatic rings. The highest BCUT2D eigenvalue weighted by molar-refractivity contribution is 7.86. The molecule has 8 heteroatoms. The second kappa shape index (κ2) is 4.60. The average molecular weight is 206 g/mol. The van der Waals surface area contributed by atoms with Crippen molar-refractivity contribution in [3.8, 4) is 0 Å². The maximum absolute atomic E-state index is 10.4. The van der Waals surface area contributed by atoms with Crippen LogP contribution in [0.25, 0.3) is 0 Å². The van der Waals surface area contributed by atoms with Crippen molar-refractivity contribution in [1.29, 1.82) is 0 Å². The zero-order valence-electron chi connectivity index (χ0n) is 6.60. The first kappa shape index (κ1) is 11.6. The van der Waals surface area contributed by atoms with E-state index < -0.39 is 10.2 Å². The summed E-state index contributed by atoms with van der Waals surface area (Å²) in [6.07, 6.45) is 1.54. The first-order valence-corrected chi connectivity index (χ1v) is 4.65. The monoisotopic (exact) mass is 206 g/mol. The van der Waals surface area contributed by atoms with Gasteiger partial charge in [-0.05, 0) is 12.1 Å². The standard InChI is InChI=1S/C5H6N2O.H4N2O2S/c6-4-2-1-3-7-5(4)8;1-5(2,3)4/h1-3H,6H2,(H,7,8);(H4,1,2,3,4). The highest BCUT2D eigenvalue weighted by Crippen LogP contribution is 1.84. The molecule has 74 valence electrons. The van der Waals surface area contributed by atoms with Crippen LogP contribution in [0.2, 0.25) is 0 Å². The van der Waals surface area contributed by atoms with E-state index in [1.165, 1.54) is 0 Å². The van der Waals surface area contributed by atoms with Gasteiger partial charge in [-0.15, -0.1) is 0 Å². The van der Waals surface area contributed by atoms with Gasteiger partial charge in [0.25, 0.3) is 15.8 Å². The number of pyridine rings is 1. The Morgan fingerprint density at radius 3 is 2.00 bits per heavy atom. The Kier molecular flexibility index (Phi) is 4.11. The lowest BCUT2D eigenvalue weighted by atomic mass is 10.4. The third-order valence-corrected chi connectivity index (χ3v) is 0.849. The lowest BCUT2D eigenvalue weighted by molar-refractivity contribution is 0.599. The minimum absolute atomic E-state index is 0.229. The summed E-state index contributed by atoms with van der Waals surface area (Å²) < 4.78 is 18.4. The van der Waals surface area contributed by atoms with Crippen LogP contribution in [0.5, 0.6) is 0 Å². The van der Waals surface area contributed by atoms with Gasteiger partial charge in [-0.25, -0.2) is 10.3 Å². The van der Waals surface area contributed by atoms with Gasteiger partial charge in [0.2, 0.25) is 0 Å². The molecule has 1 aromatic rings. The van der Waals surface area contributed by atoms with E-state index in [1.54, 1.807) is 18.3 Å². The third kappa shape index (κ3) is 8.53. The summed E-state index contributed by atoms with van der Waals surface area (Å²) in [6.45, 7) is 0. The van der Waals surface area contributed by atoms with Gasteiger partial charge in [0.15, 0.2) is 0 Å². The fraction of sp³-hybridized carbons (Fsp3) is 0. The second-order valence-electron chi connectivity index (χ2n) is 2.04. The Bertz CT molecular complexity index is 402. The van der Waals surface area contributed by atoms with Crippen molar-refractivity contribution in [2.45, 2.75) is 0 Å². The van der Waals surface area contributed by atoms with Gasteiger partial charge >= 0.3 is 0 Å². The largest absolute Gasteiger partial charge is 0.394 e. The highest BCUT2D eigenvalue weighted by atomic mass is 32.2. The van der Waals surface area contributed by atoms with Crippen LogP contribution in [-0.2, 0) is 10.2 Å². The molecule has 13 heavy (non-hydrogen) atoms. The van der Waals surface area contributed by atoms with Gasteiger partial charge < -0.3 is 10.7 Å². The molecule has 0 fully saturated rings. The van der Waals surface area contributed by atoms with E-state index in [0.717, 1.165) is 0 Å². The van der Waals surface area contributed by atoms with E-state index >= 15 is 0 Å². The van der Waals surface area contributed by atoms with Gasteiger partial charge in [-0.2, -0.15) is 8.42 Å². The number of aromatic nitrogens is 1. The summed E-state index contributed by atoms with van der Waals surface area (Å²) in [7, 11) is -3.67. The minimum atomic E-state index is -3.67. The number of rotatable bonds is 0. The molecule has 0 unspecified atom stereocenters. The van der Waals surface area contributed by atoms with E-state index in [2.05, 4.69) is 15.3 Å². The lowest BCUT2D eigenvalue weighted by Gasteiger charge is -1.84. The molecule has 0 spiro atoms. The molecule has 0 aromatic carbocycles. The lowest BCUT2D eigenvalue weighted by Crippen LogP contribution is -2.21. The summed E-state index contributed by atoms with van der Waals surface area (Å²) in [5, 5.41) is 8.21. The summed E-state index contributed by atoms with van der Waals surface area (Å²) in [5.41, 5.74) is 5.20. The topological polar surface area (TPSA) is 145 Å². The predicted molar refractivity (Wildman–Crippen MR) is 48.8 cm³/mol. The summed E-state index contributed by atoms with van der Waals surface area (Å²) >= 11 is 0. The van der Waals surface area contributed by atoms with Gasteiger partial charge in [0.05, 0.1) is 5.69 Å². The second-order valence-corrected chi connectivity index (χ2v) is 3.22. The van der Waals surface area contributed by atoms with Crippen LogP contribution in [0.15, 0.2) is 23.1 Å². The molecular formula is C5H10N4O3S. The van der Waals surface area contributed by atoms with Crippen LogP contribution in [0, 0.1) is 0 Å². The molecule has 1 heterocycles. The van der Waals surface area contributed by atoms with Crippen molar-refractivity contribution in [1.82, 2.24) is 4.98 Å². The molecule has 7 nitrogen and oxygen atoms in total. The molecular weight excluding hydrogens is 196 g/mol. The quantitative estimate of drug-likeness (QED) is 0.393. The maximum Gasteiger partial charge on any atom is 0.271 e. The average Bonchev–Trinajstić information content (AvgIpc) is 1.92. The molecule has 0 saturated heterocycles. The molecule has 0 saturated carbocycles. The number of nitrogens with one attached hydrogen (secondary N) is 1. The smallest absolute Gasteiger partial charge is 0.271 e. The van der Waals surface area contributed by atoms with Crippen molar-refractivity contribution in [2.24, 2.45) is 10.3 Å². The van der Waals surface area contributed by atoms with Crippen molar-refractivity contribution < 1.29 is 8.42 Å². The van der Waals surface area contributed by atoms with E-state index in [4.69, 9.17) is 5.73 Å². The SMILES string of the molecule is NS(N)(=O)=O.Nc1ccc[nH]c1=O. The minimum Gasteiger partial charge on any atom is -0.394 e. The van der Waals surface area contributed by atoms with Gasteiger partial charge in [-0.3, -0.25) is 4.79 Å². The van der Waals surface area contributed by atoms with Crippen molar-refractivity contribution >= 4 is 15.9 Å². The van der Waals surface area contributed by atoms with Crippen molar-refractivity contribution in [3.63, 3.8) is 0 Å². The Morgan fingerprint density at radius 1 is 1.31 bits per heavy atom. The number of hydrogen-bond acceptors (Lipinski definition) is 4. The molecule has 7 N–H and O–H groups in total. The van der Waals surface area contributed by atoms with Crippen molar-refractivity contribution in [2.75, 3.05) is 5.73 Å². The molecule has 0 aliphatic heterocycles. The Balaban J connectivity index is 0.000000252. The van der Waals surface area contributed by atoms with Crippen LogP contribution in [0.4, 0.5) is 5.69 Å². The third-order valence-electron chi connectivity index (χ3n) is 0.849. The summed E-state index contributed by atoms with van der Waals surface area (Å²) in [4.78, 5) is 12.9. The summed E-state index contributed by atoms with van der Waals surface area (Å²) in [6, 6.07) is 3.23. The van der Waals surface area contributed by atoms with Crippen LogP contribution < -0.4 is 21.6 Å². The molecule has 0 bridgehead atoms. The number of nitrogen functional groups attached to an aromatic ring is 1. The molecule has 0 amide bonds. The van der Waals surface area contributed by atoms with E-state index in [9.17, 15) is 13.2 Å². The number of hydrogen-bond donors (Lipinski definition) is 4. The van der Waals surface area contributed by atoms with Crippen LogP contribution in [0.3, 0.4) is 0 Å². The fourth-order valence-electron chi connectivity index (χ4n) is 0.435. The first-order valence-electron chi connectivity index (χ1n) is 3.04. The highest BCUT2D eigenvalue weighted by Gasteiger charge is 1.84. The molecule has 0 atom stereocenters. The Hall–Kier alpha value is -1.38. The van der Waals surface area contributed by atoms with Crippen LogP contribution in [-0.4, -0.2) is 13.4 Å². The number of nitrogens with two attached hydrogens (primary N) is 3. The molecule has 0 aliphatic carbocycles. The van der Waals surface area contributed by atoms with Crippen molar-refractivity contribution in [3.05, 3.63) is 28.7 Å². The van der Waals surface area contributed by atoms with Gasteiger partial charge in [0, 0.05) is 6.20 Å². The number of anilines is 1. The molecule has 0 radical (unpaired) electrons. The zero-order chi connectivity index (χ0) is 10.5. The Morgan fingerprint density at radius 2 is 1.77 bits per heavy atom. The van der Waals surface area contributed by atoms with E-state index in [0.29, 0.717) is 0 Å². The summed E-state index contributed by atoms with van der Waals surface area (Å²) in [5.74, 6) is 0. The Labute approximate surface area is 74.7 Å². The maximum atomic E-state index is 10.4.